The molecular weight excluding hydrogens is 415 g/mol. The number of nitrogens with zero attached hydrogens (tertiary/aromatic N) is 2. The fourth-order valence-corrected chi connectivity index (χ4v) is 3.44. The van der Waals surface area contributed by atoms with E-state index < -0.39 is 0 Å². The third-order valence-corrected chi connectivity index (χ3v) is 4.84. The summed E-state index contributed by atoms with van der Waals surface area (Å²) in [6.07, 6.45) is 2.85. The number of guanidine groups is 1. The molecule has 24 heavy (non-hydrogen) atoms. The Morgan fingerprint density at radius 1 is 1.38 bits per heavy atom. The van der Waals surface area contributed by atoms with E-state index in [1.165, 1.54) is 24.9 Å². The summed E-state index contributed by atoms with van der Waals surface area (Å²) in [5.41, 5.74) is 1.25. The number of benzene rings is 1. The molecule has 2 fully saturated rings. The second-order valence-electron chi connectivity index (χ2n) is 6.48. The van der Waals surface area contributed by atoms with Crippen molar-refractivity contribution in [2.45, 2.75) is 38.0 Å². The molecule has 0 radical (unpaired) electrons. The van der Waals surface area contributed by atoms with E-state index >= 15 is 0 Å². The summed E-state index contributed by atoms with van der Waals surface area (Å²) in [4.78, 5) is 6.90. The molecule has 2 heterocycles. The van der Waals surface area contributed by atoms with Crippen molar-refractivity contribution in [3.05, 3.63) is 35.9 Å². The summed E-state index contributed by atoms with van der Waals surface area (Å²) in [6, 6.07) is 11.3. The van der Waals surface area contributed by atoms with E-state index in [1.54, 1.807) is 0 Å². The monoisotopic (exact) mass is 444 g/mol. The van der Waals surface area contributed by atoms with Crippen LogP contribution in [-0.4, -0.2) is 56.3 Å². The van der Waals surface area contributed by atoms with Gasteiger partial charge in [-0.1, -0.05) is 30.3 Å². The zero-order chi connectivity index (χ0) is 16.1. The lowest BCUT2D eigenvalue weighted by atomic mass is 10.1. The summed E-state index contributed by atoms with van der Waals surface area (Å²) >= 11 is 0. The number of ether oxygens (including phenoxy) is 1. The molecule has 3 unspecified atom stereocenters. The molecule has 5 nitrogen and oxygen atoms in total. The second kappa shape index (κ2) is 9.58. The molecule has 1 aromatic rings. The Hall–Kier alpha value is -0.860. The fourth-order valence-electron chi connectivity index (χ4n) is 3.44. The first kappa shape index (κ1) is 19.5. The lowest BCUT2D eigenvalue weighted by molar-refractivity contribution is -0.0453. The number of nitrogens with one attached hydrogen (secondary N) is 2. The van der Waals surface area contributed by atoms with Crippen LogP contribution >= 0.6 is 24.0 Å². The van der Waals surface area contributed by atoms with E-state index in [0.717, 1.165) is 25.7 Å². The first-order valence-corrected chi connectivity index (χ1v) is 8.64. The van der Waals surface area contributed by atoms with E-state index in [9.17, 15) is 0 Å². The molecule has 2 N–H and O–H groups in total. The summed E-state index contributed by atoms with van der Waals surface area (Å²) in [7, 11) is 1.81. The molecule has 2 aliphatic rings. The Balaban J connectivity index is 0.00000208. The average molecular weight is 444 g/mol. The van der Waals surface area contributed by atoms with Crippen LogP contribution in [0.25, 0.3) is 0 Å². The Labute approximate surface area is 162 Å². The highest BCUT2D eigenvalue weighted by Gasteiger charge is 2.32. The van der Waals surface area contributed by atoms with Crippen LogP contribution in [0.5, 0.6) is 0 Å². The van der Waals surface area contributed by atoms with E-state index in [1.807, 2.05) is 13.1 Å². The van der Waals surface area contributed by atoms with Gasteiger partial charge in [-0.2, -0.15) is 0 Å². The minimum atomic E-state index is 0. The number of hydrogen-bond acceptors (Lipinski definition) is 3. The molecule has 2 aliphatic heterocycles. The number of fused-ring (bicyclic) bond motifs is 1. The van der Waals surface area contributed by atoms with Crippen LogP contribution in [-0.2, 0) is 4.74 Å². The zero-order valence-corrected chi connectivity index (χ0v) is 16.9. The van der Waals surface area contributed by atoms with Crippen molar-refractivity contribution in [1.82, 2.24) is 15.5 Å². The van der Waals surface area contributed by atoms with Gasteiger partial charge in [-0.05, 0) is 31.9 Å². The van der Waals surface area contributed by atoms with Crippen LogP contribution < -0.4 is 10.6 Å². The van der Waals surface area contributed by atoms with E-state index in [2.05, 4.69) is 51.7 Å². The molecule has 0 aromatic heterocycles. The normalized spacial score (nSPS) is 25.5. The first-order chi connectivity index (χ1) is 11.3. The highest BCUT2D eigenvalue weighted by molar-refractivity contribution is 14.0. The van der Waals surface area contributed by atoms with Crippen LogP contribution in [0.4, 0.5) is 0 Å². The Morgan fingerprint density at radius 2 is 2.17 bits per heavy atom. The van der Waals surface area contributed by atoms with Crippen molar-refractivity contribution in [1.29, 1.82) is 0 Å². The lowest BCUT2D eigenvalue weighted by Crippen LogP contribution is -2.51. The molecular formula is C18H29IN4O. The Morgan fingerprint density at radius 3 is 2.92 bits per heavy atom. The molecule has 134 valence electrons. The van der Waals surface area contributed by atoms with Crippen molar-refractivity contribution < 1.29 is 4.74 Å². The van der Waals surface area contributed by atoms with Crippen LogP contribution in [0.3, 0.4) is 0 Å². The van der Waals surface area contributed by atoms with Gasteiger partial charge in [0.05, 0.1) is 18.8 Å². The van der Waals surface area contributed by atoms with Gasteiger partial charge in [0, 0.05) is 26.2 Å². The standard InChI is InChI=1S/C18H28N4O.HI/c1-14(15-7-4-3-5-8-15)21-18(19-2)20-11-17-12-22-10-6-9-16(22)13-23-17;/h3-5,7-8,14,16-17H,6,9-13H2,1-2H3,(H2,19,20,21);1H. The molecule has 0 amide bonds. The lowest BCUT2D eigenvalue weighted by Gasteiger charge is -2.35. The molecule has 1 aromatic carbocycles. The zero-order valence-electron chi connectivity index (χ0n) is 14.6. The number of halogens is 1. The molecule has 0 spiro atoms. The maximum atomic E-state index is 5.99. The van der Waals surface area contributed by atoms with Gasteiger partial charge in [0.15, 0.2) is 5.96 Å². The molecule has 2 saturated heterocycles. The molecule has 3 rings (SSSR count). The summed E-state index contributed by atoms with van der Waals surface area (Å²) in [5.74, 6) is 0.827. The average Bonchev–Trinajstić information content (AvgIpc) is 3.07. The SMILES string of the molecule is CN=C(NCC1CN2CCCC2CO1)NC(C)c1ccccc1.I. The van der Waals surface area contributed by atoms with Crippen molar-refractivity contribution >= 4 is 29.9 Å². The largest absolute Gasteiger partial charge is 0.373 e. The second-order valence-corrected chi connectivity index (χ2v) is 6.48. The minimum absolute atomic E-state index is 0. The number of hydrogen-bond donors (Lipinski definition) is 2. The molecule has 0 bridgehead atoms. The Bertz CT molecular complexity index is 525. The van der Waals surface area contributed by atoms with Crippen LogP contribution in [0.1, 0.15) is 31.4 Å². The van der Waals surface area contributed by atoms with Crippen molar-refractivity contribution in [2.24, 2.45) is 4.99 Å². The van der Waals surface area contributed by atoms with Gasteiger partial charge >= 0.3 is 0 Å². The Kier molecular flexibility index (Phi) is 7.77. The summed E-state index contributed by atoms with van der Waals surface area (Å²) < 4.78 is 5.99. The van der Waals surface area contributed by atoms with Crippen LogP contribution in [0.2, 0.25) is 0 Å². The van der Waals surface area contributed by atoms with Gasteiger partial charge in [-0.15, -0.1) is 24.0 Å². The fraction of sp³-hybridized carbons (Fsp3) is 0.611. The third-order valence-electron chi connectivity index (χ3n) is 4.84. The van der Waals surface area contributed by atoms with Gasteiger partial charge in [0.2, 0.25) is 0 Å². The van der Waals surface area contributed by atoms with Crippen molar-refractivity contribution in [3.8, 4) is 0 Å². The highest BCUT2D eigenvalue weighted by atomic mass is 127. The van der Waals surface area contributed by atoms with Gasteiger partial charge in [-0.25, -0.2) is 0 Å². The van der Waals surface area contributed by atoms with Crippen molar-refractivity contribution in [3.63, 3.8) is 0 Å². The predicted molar refractivity (Wildman–Crippen MR) is 109 cm³/mol. The molecule has 0 saturated carbocycles. The molecule has 3 atom stereocenters. The minimum Gasteiger partial charge on any atom is -0.373 e. The first-order valence-electron chi connectivity index (χ1n) is 8.64. The van der Waals surface area contributed by atoms with E-state index in [4.69, 9.17) is 4.74 Å². The maximum Gasteiger partial charge on any atom is 0.191 e. The smallest absolute Gasteiger partial charge is 0.191 e. The quantitative estimate of drug-likeness (QED) is 0.426. The molecule has 0 aliphatic carbocycles. The number of aliphatic imine (C=N–C) groups is 1. The van der Waals surface area contributed by atoms with Gasteiger partial charge < -0.3 is 15.4 Å². The van der Waals surface area contributed by atoms with Crippen LogP contribution in [0.15, 0.2) is 35.3 Å². The summed E-state index contributed by atoms with van der Waals surface area (Å²) in [5, 5.41) is 6.85. The van der Waals surface area contributed by atoms with Crippen molar-refractivity contribution in [2.75, 3.05) is 33.3 Å². The van der Waals surface area contributed by atoms with Gasteiger partial charge in [0.1, 0.15) is 0 Å². The highest BCUT2D eigenvalue weighted by Crippen LogP contribution is 2.22. The van der Waals surface area contributed by atoms with Gasteiger partial charge in [-0.3, -0.25) is 9.89 Å². The summed E-state index contributed by atoms with van der Waals surface area (Å²) in [6.45, 7) is 6.07. The topological polar surface area (TPSA) is 48.9 Å². The van der Waals surface area contributed by atoms with Gasteiger partial charge in [0.25, 0.3) is 0 Å². The number of morpholine rings is 1. The molecule has 6 heteroatoms. The van der Waals surface area contributed by atoms with E-state index in [-0.39, 0.29) is 36.1 Å². The number of rotatable bonds is 4. The van der Waals surface area contributed by atoms with Crippen LogP contribution in [0, 0.1) is 0 Å². The third kappa shape index (κ3) is 5.07. The predicted octanol–water partition coefficient (Wildman–Crippen LogP) is 2.39. The maximum absolute atomic E-state index is 5.99. The van der Waals surface area contributed by atoms with E-state index in [0.29, 0.717) is 6.04 Å².